The molecule has 0 saturated carbocycles. The second-order valence-corrected chi connectivity index (χ2v) is 9.50. The van der Waals surface area contributed by atoms with Crippen LogP contribution in [0.5, 0.6) is 0 Å². The van der Waals surface area contributed by atoms with E-state index in [1.807, 2.05) is 60.9 Å². The van der Waals surface area contributed by atoms with Crippen LogP contribution in [-0.2, 0) is 10.5 Å². The van der Waals surface area contributed by atoms with E-state index in [-0.39, 0.29) is 17.2 Å². The number of rotatable bonds is 4. The molecular formula is C25H20FN5OS2. The Bertz CT molecular complexity index is 1410. The quantitative estimate of drug-likeness (QED) is 0.374. The van der Waals surface area contributed by atoms with Crippen molar-refractivity contribution in [1.82, 2.24) is 9.47 Å². The maximum absolute atomic E-state index is 13.8. The van der Waals surface area contributed by atoms with Gasteiger partial charge in [0.05, 0.1) is 17.5 Å². The number of benzene rings is 2. The molecule has 170 valence electrons. The van der Waals surface area contributed by atoms with Crippen LogP contribution in [0.25, 0.3) is 11.8 Å². The van der Waals surface area contributed by atoms with Gasteiger partial charge in [-0.05, 0) is 55.3 Å². The van der Waals surface area contributed by atoms with Gasteiger partial charge in [-0.25, -0.2) is 9.29 Å². The van der Waals surface area contributed by atoms with Crippen molar-refractivity contribution >= 4 is 51.9 Å². The van der Waals surface area contributed by atoms with Gasteiger partial charge >= 0.3 is 0 Å². The summed E-state index contributed by atoms with van der Waals surface area (Å²) in [6.45, 7) is 3.83. The highest BCUT2D eigenvalue weighted by molar-refractivity contribution is 8.18. The van der Waals surface area contributed by atoms with Gasteiger partial charge in [-0.2, -0.15) is 9.39 Å². The molecule has 34 heavy (non-hydrogen) atoms. The Kier molecular flexibility index (Phi) is 5.97. The van der Waals surface area contributed by atoms with Crippen LogP contribution in [0.4, 0.5) is 4.39 Å². The molecule has 1 aromatic heterocycles. The number of amides is 1. The van der Waals surface area contributed by atoms with Crippen molar-refractivity contribution in [1.29, 1.82) is 5.41 Å². The monoisotopic (exact) mass is 489 g/mol. The van der Waals surface area contributed by atoms with Gasteiger partial charge in [0.15, 0.2) is 5.17 Å². The fraction of sp³-hybridized carbons (Fsp3) is 0.120. The van der Waals surface area contributed by atoms with Crippen molar-refractivity contribution < 1.29 is 9.18 Å². The smallest absolute Gasteiger partial charge is 0.283 e. The number of aryl methyl sites for hydroxylation is 1. The number of hydrogen-bond donors (Lipinski definition) is 1. The number of thioether (sulfide) groups is 1. The Morgan fingerprint density at radius 3 is 2.68 bits per heavy atom. The highest BCUT2D eigenvalue weighted by Crippen LogP contribution is 2.33. The van der Waals surface area contributed by atoms with Gasteiger partial charge in [-0.1, -0.05) is 48.2 Å². The lowest BCUT2D eigenvalue weighted by Gasteiger charge is -2.24. The van der Waals surface area contributed by atoms with Gasteiger partial charge in [0.1, 0.15) is 11.7 Å². The predicted octanol–water partition coefficient (Wildman–Crippen LogP) is 5.74. The number of nitrogens with zero attached hydrogens (tertiary/aromatic N) is 4. The van der Waals surface area contributed by atoms with Crippen LogP contribution in [0, 0.1) is 25.1 Å². The first-order valence-electron chi connectivity index (χ1n) is 10.5. The summed E-state index contributed by atoms with van der Waals surface area (Å²) in [5, 5.41) is 9.80. The van der Waals surface area contributed by atoms with Crippen LogP contribution < -0.4 is 0 Å². The van der Waals surface area contributed by atoms with Gasteiger partial charge in [0.2, 0.25) is 5.17 Å². The average molecular weight is 490 g/mol. The topological polar surface area (TPSA) is 73.8 Å². The number of hydrogen-bond acceptors (Lipinski definition) is 5. The molecule has 1 amide bonds. The van der Waals surface area contributed by atoms with Crippen LogP contribution >= 0.6 is 23.7 Å². The Morgan fingerprint density at radius 1 is 1.12 bits per heavy atom. The predicted molar refractivity (Wildman–Crippen MR) is 138 cm³/mol. The molecule has 0 spiro atoms. The highest BCUT2D eigenvalue weighted by atomic mass is 32.2. The van der Waals surface area contributed by atoms with Crippen LogP contribution in [0.15, 0.2) is 75.6 Å². The summed E-state index contributed by atoms with van der Waals surface area (Å²) in [7, 11) is 0. The molecule has 0 radical (unpaired) electrons. The second-order valence-electron chi connectivity index (χ2n) is 7.82. The average Bonchev–Trinajstić information content (AvgIpc) is 3.35. The first-order valence-corrected chi connectivity index (χ1v) is 12.3. The maximum Gasteiger partial charge on any atom is 0.283 e. The van der Waals surface area contributed by atoms with E-state index in [2.05, 4.69) is 9.39 Å². The van der Waals surface area contributed by atoms with E-state index in [0.29, 0.717) is 21.8 Å². The Morgan fingerprint density at radius 2 is 1.91 bits per heavy atom. The summed E-state index contributed by atoms with van der Waals surface area (Å²) in [6.07, 6.45) is 1.69. The van der Waals surface area contributed by atoms with Crippen molar-refractivity contribution in [3.63, 3.8) is 0 Å². The van der Waals surface area contributed by atoms with E-state index in [9.17, 15) is 9.18 Å². The van der Waals surface area contributed by atoms with Crippen LogP contribution in [0.1, 0.15) is 22.5 Å². The van der Waals surface area contributed by atoms with E-state index in [1.54, 1.807) is 17.0 Å². The van der Waals surface area contributed by atoms with E-state index in [1.165, 1.54) is 23.9 Å². The Balaban J connectivity index is 1.45. The largest absolute Gasteiger partial charge is 0.318 e. The molecular weight excluding hydrogens is 469 g/mol. The standard InChI is InChI=1S/C25H20FN5OS2/c1-15-11-18(16(2)30(15)20-10-6-9-19(26)13-20)12-21-22(27)31-24(28-23(21)32)34-29-25(31)33-14-17-7-4-3-5-8-17/h3-13,27H,14H2,1-2H3. The van der Waals surface area contributed by atoms with Gasteiger partial charge in [-0.15, -0.1) is 0 Å². The molecule has 3 heterocycles. The number of carbonyl (C=O) groups is 1. The normalized spacial score (nSPS) is 16.7. The molecule has 2 aliphatic heterocycles. The fourth-order valence-corrected chi connectivity index (χ4v) is 5.72. The molecule has 0 bridgehead atoms. The minimum absolute atomic E-state index is 0.0508. The summed E-state index contributed by atoms with van der Waals surface area (Å²) in [5.74, 6) is -0.0416. The van der Waals surface area contributed by atoms with Gasteiger partial charge in [0, 0.05) is 22.8 Å². The Hall–Kier alpha value is -3.43. The summed E-state index contributed by atoms with van der Waals surface area (Å²) >= 11 is 2.61. The first-order chi connectivity index (χ1) is 16.4. The van der Waals surface area contributed by atoms with Crippen molar-refractivity contribution in [3.05, 3.63) is 94.6 Å². The van der Waals surface area contributed by atoms with E-state index in [4.69, 9.17) is 5.41 Å². The van der Waals surface area contributed by atoms with Crippen molar-refractivity contribution in [3.8, 4) is 5.69 Å². The molecule has 0 aliphatic carbocycles. The van der Waals surface area contributed by atoms with Crippen molar-refractivity contribution in [2.45, 2.75) is 19.6 Å². The van der Waals surface area contributed by atoms with Gasteiger partial charge in [-0.3, -0.25) is 10.2 Å². The lowest BCUT2D eigenvalue weighted by molar-refractivity contribution is -0.114. The molecule has 1 N–H and O–H groups in total. The van der Waals surface area contributed by atoms with E-state index in [0.717, 1.165) is 34.5 Å². The number of fused-ring (bicyclic) bond motifs is 1. The van der Waals surface area contributed by atoms with E-state index < -0.39 is 5.91 Å². The van der Waals surface area contributed by atoms with Gasteiger partial charge in [0.25, 0.3) is 5.91 Å². The summed E-state index contributed by atoms with van der Waals surface area (Å²) in [6, 6.07) is 18.3. The highest BCUT2D eigenvalue weighted by Gasteiger charge is 2.37. The lowest BCUT2D eigenvalue weighted by atomic mass is 10.1. The third-order valence-electron chi connectivity index (χ3n) is 5.54. The third-order valence-corrected chi connectivity index (χ3v) is 7.37. The fourth-order valence-electron chi connectivity index (χ4n) is 3.92. The number of aliphatic imine (C=N–C) groups is 1. The molecule has 6 nitrogen and oxygen atoms in total. The number of carbonyl (C=O) groups excluding carboxylic acids is 1. The minimum atomic E-state index is -0.469. The summed E-state index contributed by atoms with van der Waals surface area (Å²) in [5.41, 5.74) is 4.55. The van der Waals surface area contributed by atoms with Crippen LogP contribution in [0.2, 0.25) is 0 Å². The molecule has 0 atom stereocenters. The zero-order valence-electron chi connectivity index (χ0n) is 18.4. The Labute approximate surface area is 204 Å². The number of halogens is 1. The lowest BCUT2D eigenvalue weighted by Crippen LogP contribution is -2.41. The molecule has 0 fully saturated rings. The third kappa shape index (κ3) is 4.12. The molecule has 0 saturated heterocycles. The number of aromatic nitrogens is 1. The van der Waals surface area contributed by atoms with E-state index >= 15 is 0 Å². The molecule has 0 unspecified atom stereocenters. The SMILES string of the molecule is Cc1cc(C=C2C(=N)N3C(SCc4ccccc4)=NSC3=NC2=O)c(C)n1-c1cccc(F)c1. The van der Waals surface area contributed by atoms with Crippen molar-refractivity contribution in [2.24, 2.45) is 9.39 Å². The molecule has 9 heteroatoms. The summed E-state index contributed by atoms with van der Waals surface area (Å²) < 4.78 is 20.2. The first kappa shape index (κ1) is 22.4. The second kappa shape index (κ2) is 9.08. The maximum atomic E-state index is 13.8. The molecule has 3 aromatic rings. The molecule has 2 aliphatic rings. The van der Waals surface area contributed by atoms with Crippen LogP contribution in [-0.4, -0.2) is 31.5 Å². The van der Waals surface area contributed by atoms with Crippen LogP contribution in [0.3, 0.4) is 0 Å². The zero-order valence-corrected chi connectivity index (χ0v) is 20.1. The minimum Gasteiger partial charge on any atom is -0.318 e. The number of amidine groups is 3. The van der Waals surface area contributed by atoms with Crippen molar-refractivity contribution in [2.75, 3.05) is 0 Å². The molecule has 2 aromatic carbocycles. The summed E-state index contributed by atoms with van der Waals surface area (Å²) in [4.78, 5) is 18.6. The van der Waals surface area contributed by atoms with Gasteiger partial charge < -0.3 is 4.57 Å². The number of nitrogens with one attached hydrogen (secondary N) is 1. The molecule has 5 rings (SSSR count). The zero-order chi connectivity index (χ0) is 23.8.